The number of rotatable bonds is 4. The summed E-state index contributed by atoms with van der Waals surface area (Å²) in [7, 11) is 0. The van der Waals surface area contributed by atoms with Crippen molar-refractivity contribution in [3.8, 4) is 0 Å². The molecule has 1 unspecified atom stereocenters. The van der Waals surface area contributed by atoms with Gasteiger partial charge in [0.15, 0.2) is 0 Å². The van der Waals surface area contributed by atoms with E-state index in [4.69, 9.17) is 5.11 Å². The van der Waals surface area contributed by atoms with Crippen LogP contribution in [0, 0.1) is 0 Å². The van der Waals surface area contributed by atoms with E-state index in [0.29, 0.717) is 5.56 Å². The fourth-order valence-electron chi connectivity index (χ4n) is 3.45. The number of aliphatic hydroxyl groups is 6. The zero-order valence-corrected chi connectivity index (χ0v) is 13.6. The molecule has 130 valence electrons. The van der Waals surface area contributed by atoms with Gasteiger partial charge in [-0.25, -0.2) is 0 Å². The van der Waals surface area contributed by atoms with Crippen LogP contribution >= 0.6 is 0 Å². The molecule has 1 aliphatic rings. The molecule has 23 heavy (non-hydrogen) atoms. The first-order valence-corrected chi connectivity index (χ1v) is 7.66. The number of hydrogen-bond donors (Lipinski definition) is 6. The van der Waals surface area contributed by atoms with Gasteiger partial charge < -0.3 is 30.6 Å². The van der Waals surface area contributed by atoms with E-state index in [1.807, 2.05) is 32.9 Å². The molecule has 1 aromatic rings. The Morgan fingerprint density at radius 2 is 1.61 bits per heavy atom. The lowest BCUT2D eigenvalue weighted by molar-refractivity contribution is -0.327. The van der Waals surface area contributed by atoms with Gasteiger partial charge in [0.1, 0.15) is 23.4 Å². The lowest BCUT2D eigenvalue weighted by atomic mass is 9.51. The summed E-state index contributed by atoms with van der Waals surface area (Å²) in [6, 6.07) is 7.05. The molecule has 0 saturated heterocycles. The fraction of sp³-hybridized carbons (Fsp3) is 0.647. The molecule has 0 bridgehead atoms. The Labute approximate surface area is 135 Å². The smallest absolute Gasteiger partial charge is 0.131 e. The van der Waals surface area contributed by atoms with Crippen molar-refractivity contribution in [2.45, 2.75) is 55.5 Å². The van der Waals surface area contributed by atoms with Crippen LogP contribution < -0.4 is 0 Å². The van der Waals surface area contributed by atoms with Crippen molar-refractivity contribution in [1.29, 1.82) is 0 Å². The predicted octanol–water partition coefficient (Wildman–Crippen LogP) is -0.750. The first kappa shape index (κ1) is 18.3. The second kappa shape index (κ2) is 5.81. The van der Waals surface area contributed by atoms with Gasteiger partial charge in [-0.2, -0.15) is 0 Å². The summed E-state index contributed by atoms with van der Waals surface area (Å²) in [5, 5.41) is 59.7. The minimum absolute atomic E-state index is 0.0775. The van der Waals surface area contributed by atoms with Gasteiger partial charge in [0.05, 0.1) is 19.1 Å². The molecule has 1 saturated carbocycles. The standard InChI is InChI=1S/C17H26O6/c1-15(2,3)11-6-4-10(5-7-11)13-16(22,9-19)14(21)17(13,23)12(20)8-18/h4-7,12-14,18-23H,8-9H2,1-3H3/t12-,13?,14-,16-,17+/m1/s1. The summed E-state index contributed by atoms with van der Waals surface area (Å²) in [5.74, 6) is -1.12. The number of hydrogen-bond acceptors (Lipinski definition) is 6. The molecule has 0 amide bonds. The Bertz CT molecular complexity index is 551. The van der Waals surface area contributed by atoms with E-state index < -0.39 is 42.5 Å². The van der Waals surface area contributed by atoms with E-state index in [1.54, 1.807) is 12.1 Å². The van der Waals surface area contributed by atoms with E-state index in [-0.39, 0.29) is 5.41 Å². The summed E-state index contributed by atoms with van der Waals surface area (Å²) < 4.78 is 0. The molecule has 1 aromatic carbocycles. The van der Waals surface area contributed by atoms with Crippen molar-refractivity contribution < 1.29 is 30.6 Å². The molecule has 0 aromatic heterocycles. The summed E-state index contributed by atoms with van der Waals surface area (Å²) in [4.78, 5) is 0. The van der Waals surface area contributed by atoms with Crippen molar-refractivity contribution in [1.82, 2.24) is 0 Å². The highest BCUT2D eigenvalue weighted by Gasteiger charge is 2.73. The Kier molecular flexibility index (Phi) is 4.62. The third-order valence-corrected chi connectivity index (χ3v) is 4.94. The van der Waals surface area contributed by atoms with Gasteiger partial charge >= 0.3 is 0 Å². The van der Waals surface area contributed by atoms with Crippen LogP contribution in [-0.4, -0.2) is 67.3 Å². The van der Waals surface area contributed by atoms with Crippen LogP contribution in [0.3, 0.4) is 0 Å². The lowest BCUT2D eigenvalue weighted by Gasteiger charge is -2.62. The minimum Gasteiger partial charge on any atom is -0.394 e. The quantitative estimate of drug-likeness (QED) is 0.433. The molecule has 1 aliphatic carbocycles. The van der Waals surface area contributed by atoms with Gasteiger partial charge in [-0.15, -0.1) is 0 Å². The molecule has 0 aliphatic heterocycles. The van der Waals surface area contributed by atoms with Gasteiger partial charge in [0.25, 0.3) is 0 Å². The largest absolute Gasteiger partial charge is 0.394 e. The van der Waals surface area contributed by atoms with Gasteiger partial charge in [0.2, 0.25) is 0 Å². The monoisotopic (exact) mass is 326 g/mol. The van der Waals surface area contributed by atoms with Crippen LogP contribution in [0.1, 0.15) is 37.8 Å². The minimum atomic E-state index is -2.13. The van der Waals surface area contributed by atoms with Crippen molar-refractivity contribution in [3.05, 3.63) is 35.4 Å². The molecular weight excluding hydrogens is 300 g/mol. The highest BCUT2D eigenvalue weighted by molar-refractivity contribution is 5.40. The first-order chi connectivity index (χ1) is 10.5. The van der Waals surface area contributed by atoms with Crippen LogP contribution in [-0.2, 0) is 5.41 Å². The average Bonchev–Trinajstić information content (AvgIpc) is 2.52. The SMILES string of the molecule is CC(C)(C)c1ccc(C2[C@@](O)([C@H](O)CO)[C@H](O)[C@@]2(O)CO)cc1. The number of benzene rings is 1. The molecular formula is C17H26O6. The first-order valence-electron chi connectivity index (χ1n) is 7.66. The summed E-state index contributed by atoms with van der Waals surface area (Å²) in [6.07, 6.45) is -3.41. The zero-order valence-electron chi connectivity index (χ0n) is 13.6. The van der Waals surface area contributed by atoms with E-state index in [9.17, 15) is 25.5 Å². The second-order valence-electron chi connectivity index (χ2n) is 7.44. The van der Waals surface area contributed by atoms with E-state index in [0.717, 1.165) is 5.56 Å². The Balaban J connectivity index is 2.45. The summed E-state index contributed by atoms with van der Waals surface area (Å²) >= 11 is 0. The Morgan fingerprint density at radius 1 is 1.09 bits per heavy atom. The molecule has 5 atom stereocenters. The third kappa shape index (κ3) is 2.59. The van der Waals surface area contributed by atoms with Gasteiger partial charge in [-0.1, -0.05) is 45.0 Å². The van der Waals surface area contributed by atoms with Gasteiger partial charge in [0, 0.05) is 0 Å². The summed E-state index contributed by atoms with van der Waals surface area (Å²) in [5.41, 5.74) is -2.68. The van der Waals surface area contributed by atoms with Crippen LogP contribution in [0.4, 0.5) is 0 Å². The van der Waals surface area contributed by atoms with Crippen molar-refractivity contribution in [2.75, 3.05) is 13.2 Å². The molecule has 6 heteroatoms. The average molecular weight is 326 g/mol. The second-order valence-corrected chi connectivity index (χ2v) is 7.44. The maximum Gasteiger partial charge on any atom is 0.131 e. The highest BCUT2D eigenvalue weighted by Crippen LogP contribution is 2.55. The third-order valence-electron chi connectivity index (χ3n) is 4.94. The predicted molar refractivity (Wildman–Crippen MR) is 84.0 cm³/mol. The van der Waals surface area contributed by atoms with Crippen LogP contribution in [0.2, 0.25) is 0 Å². The molecule has 1 fully saturated rings. The molecule has 0 spiro atoms. The van der Waals surface area contributed by atoms with Crippen molar-refractivity contribution in [2.24, 2.45) is 0 Å². The molecule has 2 rings (SSSR count). The zero-order chi connectivity index (χ0) is 17.6. The van der Waals surface area contributed by atoms with Crippen LogP contribution in [0.25, 0.3) is 0 Å². The highest BCUT2D eigenvalue weighted by atomic mass is 16.4. The Hall–Kier alpha value is -1.02. The topological polar surface area (TPSA) is 121 Å². The maximum absolute atomic E-state index is 10.6. The fourth-order valence-corrected chi connectivity index (χ4v) is 3.45. The van der Waals surface area contributed by atoms with Crippen LogP contribution in [0.5, 0.6) is 0 Å². The Morgan fingerprint density at radius 3 is 2.00 bits per heavy atom. The van der Waals surface area contributed by atoms with Crippen molar-refractivity contribution in [3.63, 3.8) is 0 Å². The maximum atomic E-state index is 10.6. The van der Waals surface area contributed by atoms with E-state index >= 15 is 0 Å². The molecule has 0 heterocycles. The molecule has 0 radical (unpaired) electrons. The van der Waals surface area contributed by atoms with Gasteiger partial charge in [-0.3, -0.25) is 0 Å². The van der Waals surface area contributed by atoms with Crippen LogP contribution in [0.15, 0.2) is 24.3 Å². The van der Waals surface area contributed by atoms with Crippen molar-refractivity contribution >= 4 is 0 Å². The van der Waals surface area contributed by atoms with E-state index in [2.05, 4.69) is 0 Å². The van der Waals surface area contributed by atoms with Gasteiger partial charge in [-0.05, 0) is 16.5 Å². The molecule has 6 nitrogen and oxygen atoms in total. The summed E-state index contributed by atoms with van der Waals surface area (Å²) in [6.45, 7) is 4.59. The molecule has 6 N–H and O–H groups in total. The normalized spacial score (nSPS) is 35.7. The van der Waals surface area contributed by atoms with E-state index in [1.165, 1.54) is 0 Å². The number of aliphatic hydroxyl groups excluding tert-OH is 4. The lowest BCUT2D eigenvalue weighted by Crippen LogP contribution is -2.81.